The Morgan fingerprint density at radius 1 is 0.682 bits per heavy atom. The van der Waals surface area contributed by atoms with Crippen molar-refractivity contribution in [3.63, 3.8) is 0 Å². The third kappa shape index (κ3) is 10.0. The van der Waals surface area contributed by atoms with Crippen molar-refractivity contribution in [1.29, 1.82) is 0 Å². The summed E-state index contributed by atoms with van der Waals surface area (Å²) >= 11 is 0. The highest BCUT2D eigenvalue weighted by Crippen LogP contribution is 2.14. The van der Waals surface area contributed by atoms with Crippen molar-refractivity contribution in [3.05, 3.63) is 66.2 Å². The van der Waals surface area contributed by atoms with Crippen molar-refractivity contribution < 1.29 is 5.11 Å². The van der Waals surface area contributed by atoms with Crippen molar-refractivity contribution in [1.82, 2.24) is 0 Å². The zero-order valence-electron chi connectivity index (χ0n) is 13.9. The third-order valence-electron chi connectivity index (χ3n) is 3.65. The molecule has 0 aliphatic rings. The molecule has 0 bridgehead atoms. The summed E-state index contributed by atoms with van der Waals surface area (Å²) in [6, 6.07) is 19.6. The highest BCUT2D eigenvalue weighted by molar-refractivity contribution is 5.27. The van der Waals surface area contributed by atoms with Gasteiger partial charge in [0.2, 0.25) is 0 Å². The number of phenols is 1. The van der Waals surface area contributed by atoms with Gasteiger partial charge >= 0.3 is 0 Å². The summed E-state index contributed by atoms with van der Waals surface area (Å²) < 4.78 is 0. The summed E-state index contributed by atoms with van der Waals surface area (Å²) in [5.41, 5.74) is 1.26. The lowest BCUT2D eigenvalue weighted by Gasteiger charge is -2.02. The van der Waals surface area contributed by atoms with Crippen LogP contribution in [-0.2, 0) is 6.42 Å². The second-order valence-corrected chi connectivity index (χ2v) is 5.70. The van der Waals surface area contributed by atoms with Crippen LogP contribution in [0.25, 0.3) is 0 Å². The number of rotatable bonds is 8. The Morgan fingerprint density at radius 2 is 1.23 bits per heavy atom. The topological polar surface area (TPSA) is 20.2 Å². The van der Waals surface area contributed by atoms with Crippen LogP contribution in [0.3, 0.4) is 0 Å². The summed E-state index contributed by atoms with van der Waals surface area (Å²) in [5, 5.41) is 9.31. The number of benzene rings is 2. The van der Waals surface area contributed by atoms with Crippen molar-refractivity contribution in [2.75, 3.05) is 0 Å². The first-order valence-corrected chi connectivity index (χ1v) is 8.61. The molecule has 120 valence electrons. The monoisotopic (exact) mass is 298 g/mol. The van der Waals surface area contributed by atoms with Gasteiger partial charge in [-0.1, -0.05) is 94.0 Å². The maximum Gasteiger partial charge on any atom is 0.115 e. The average molecular weight is 298 g/mol. The summed E-state index contributed by atoms with van der Waals surface area (Å²) in [4.78, 5) is 0. The fourth-order valence-corrected chi connectivity index (χ4v) is 2.38. The Labute approximate surface area is 136 Å². The van der Waals surface area contributed by atoms with E-state index >= 15 is 0 Å². The van der Waals surface area contributed by atoms with Crippen molar-refractivity contribution >= 4 is 0 Å². The first kappa shape index (κ1) is 18.3. The Hall–Kier alpha value is -1.76. The van der Waals surface area contributed by atoms with E-state index in [1.54, 1.807) is 6.07 Å². The van der Waals surface area contributed by atoms with E-state index in [0.717, 1.165) is 6.42 Å². The third-order valence-corrected chi connectivity index (χ3v) is 3.65. The molecule has 2 rings (SSSR count). The van der Waals surface area contributed by atoms with E-state index in [0.29, 0.717) is 5.75 Å². The predicted molar refractivity (Wildman–Crippen MR) is 96.2 cm³/mol. The molecule has 0 spiro atoms. The predicted octanol–water partition coefficient (Wildman–Crippen LogP) is 6.37. The lowest BCUT2D eigenvalue weighted by Crippen LogP contribution is -1.86. The van der Waals surface area contributed by atoms with E-state index in [4.69, 9.17) is 0 Å². The Kier molecular flexibility index (Phi) is 10.8. The smallest absolute Gasteiger partial charge is 0.115 e. The lowest BCUT2D eigenvalue weighted by atomic mass is 10.0. The molecule has 0 heterocycles. The molecule has 2 aromatic rings. The molecular weight excluding hydrogens is 268 g/mol. The maximum atomic E-state index is 9.31. The van der Waals surface area contributed by atoms with Gasteiger partial charge in [0.25, 0.3) is 0 Å². The molecule has 0 saturated carbocycles. The number of hydrogen-bond acceptors (Lipinski definition) is 1. The van der Waals surface area contributed by atoms with E-state index in [-0.39, 0.29) is 0 Å². The minimum atomic E-state index is 0.389. The Balaban J connectivity index is 0.000000335. The van der Waals surface area contributed by atoms with E-state index in [1.165, 1.54) is 50.5 Å². The minimum Gasteiger partial charge on any atom is -0.508 e. The average Bonchev–Trinajstić information content (AvgIpc) is 2.56. The zero-order valence-corrected chi connectivity index (χ0v) is 13.9. The van der Waals surface area contributed by atoms with Gasteiger partial charge in [-0.15, -0.1) is 0 Å². The first-order chi connectivity index (χ1) is 10.8. The van der Waals surface area contributed by atoms with Crippen LogP contribution in [0.1, 0.15) is 57.4 Å². The Bertz CT molecular complexity index is 438. The fraction of sp³-hybridized carbons (Fsp3) is 0.429. The molecule has 0 aliphatic heterocycles. The van der Waals surface area contributed by atoms with Gasteiger partial charge in [0.05, 0.1) is 0 Å². The lowest BCUT2D eigenvalue weighted by molar-refractivity contribution is 0.474. The van der Waals surface area contributed by atoms with Gasteiger partial charge in [-0.3, -0.25) is 0 Å². The van der Waals surface area contributed by atoms with Crippen LogP contribution < -0.4 is 0 Å². The van der Waals surface area contributed by atoms with Gasteiger partial charge in [0.15, 0.2) is 0 Å². The molecule has 0 unspecified atom stereocenters. The SMILES string of the molecule is CCCCCCCCCc1cccc(O)c1.c1ccccc1. The van der Waals surface area contributed by atoms with Crippen molar-refractivity contribution in [3.8, 4) is 5.75 Å². The summed E-state index contributed by atoms with van der Waals surface area (Å²) in [7, 11) is 0. The normalized spacial score (nSPS) is 9.86. The minimum absolute atomic E-state index is 0.389. The van der Waals surface area contributed by atoms with Gasteiger partial charge in [-0.2, -0.15) is 0 Å². The second-order valence-electron chi connectivity index (χ2n) is 5.70. The van der Waals surface area contributed by atoms with E-state index in [9.17, 15) is 5.11 Å². The molecule has 0 atom stereocenters. The molecule has 1 N–H and O–H groups in total. The molecular formula is C21H30O. The van der Waals surface area contributed by atoms with Crippen LogP contribution in [-0.4, -0.2) is 5.11 Å². The van der Waals surface area contributed by atoms with Crippen molar-refractivity contribution in [2.45, 2.75) is 58.3 Å². The summed E-state index contributed by atoms with van der Waals surface area (Å²) in [6.45, 7) is 2.25. The fourth-order valence-electron chi connectivity index (χ4n) is 2.38. The van der Waals surface area contributed by atoms with Gasteiger partial charge in [-0.05, 0) is 30.5 Å². The van der Waals surface area contributed by atoms with Gasteiger partial charge in [0, 0.05) is 0 Å². The Morgan fingerprint density at radius 3 is 1.77 bits per heavy atom. The highest BCUT2D eigenvalue weighted by Gasteiger charge is 1.95. The number of aromatic hydroxyl groups is 1. The molecule has 1 heteroatoms. The molecule has 1 nitrogen and oxygen atoms in total. The van der Waals surface area contributed by atoms with Crippen LogP contribution in [0.5, 0.6) is 5.75 Å². The molecule has 22 heavy (non-hydrogen) atoms. The van der Waals surface area contributed by atoms with Gasteiger partial charge in [-0.25, -0.2) is 0 Å². The van der Waals surface area contributed by atoms with Crippen LogP contribution in [0, 0.1) is 0 Å². The number of hydrogen-bond donors (Lipinski definition) is 1. The second kappa shape index (κ2) is 12.9. The maximum absolute atomic E-state index is 9.31. The summed E-state index contributed by atoms with van der Waals surface area (Å²) in [6.07, 6.45) is 10.5. The standard InChI is InChI=1S/C15H24O.C6H6/c1-2-3-4-5-6-7-8-10-14-11-9-12-15(16)13-14;1-2-4-6-5-3-1/h9,11-13,16H,2-8,10H2,1H3;1-6H. The largest absolute Gasteiger partial charge is 0.508 e. The molecule has 0 saturated heterocycles. The molecule has 0 aromatic heterocycles. The van der Waals surface area contributed by atoms with Gasteiger partial charge in [0.1, 0.15) is 5.75 Å². The van der Waals surface area contributed by atoms with Crippen LogP contribution >= 0.6 is 0 Å². The summed E-state index contributed by atoms with van der Waals surface area (Å²) in [5.74, 6) is 0.389. The van der Waals surface area contributed by atoms with E-state index in [2.05, 4.69) is 13.0 Å². The molecule has 2 aromatic carbocycles. The van der Waals surface area contributed by atoms with E-state index in [1.807, 2.05) is 48.5 Å². The number of phenolic OH excluding ortho intramolecular Hbond substituents is 1. The van der Waals surface area contributed by atoms with Crippen LogP contribution in [0.2, 0.25) is 0 Å². The van der Waals surface area contributed by atoms with Gasteiger partial charge < -0.3 is 5.11 Å². The van der Waals surface area contributed by atoms with Crippen LogP contribution in [0.15, 0.2) is 60.7 Å². The molecule has 0 radical (unpaired) electrons. The zero-order chi connectivity index (χ0) is 15.9. The van der Waals surface area contributed by atoms with Crippen molar-refractivity contribution in [2.24, 2.45) is 0 Å². The molecule has 0 aliphatic carbocycles. The quantitative estimate of drug-likeness (QED) is 0.561. The van der Waals surface area contributed by atoms with E-state index < -0.39 is 0 Å². The first-order valence-electron chi connectivity index (χ1n) is 8.61. The highest BCUT2D eigenvalue weighted by atomic mass is 16.3. The molecule has 0 amide bonds. The van der Waals surface area contributed by atoms with Crippen LogP contribution in [0.4, 0.5) is 0 Å². The number of aryl methyl sites for hydroxylation is 1. The molecule has 0 fully saturated rings. The number of unbranched alkanes of at least 4 members (excludes halogenated alkanes) is 6.